The monoisotopic (exact) mass is 618 g/mol. The molecule has 0 unspecified atom stereocenters. The van der Waals surface area contributed by atoms with E-state index in [1.54, 1.807) is 49.4 Å². The average molecular weight is 619 g/mol. The summed E-state index contributed by atoms with van der Waals surface area (Å²) in [4.78, 5) is 58.5. The number of carbonyl (C=O) groups excluding carboxylic acids is 4. The first-order chi connectivity index (χ1) is 20.5. The maximum Gasteiger partial charge on any atom is 0.241 e. The molecule has 43 heavy (non-hydrogen) atoms. The third-order valence-corrected chi connectivity index (χ3v) is 10.3. The molecule has 3 fully saturated rings. The van der Waals surface area contributed by atoms with Gasteiger partial charge in [0.1, 0.15) is 11.6 Å². The van der Waals surface area contributed by atoms with Crippen LogP contribution in [-0.2, 0) is 19.2 Å². The third kappa shape index (κ3) is 3.85. The number of para-hydroxylation sites is 1. The topological polar surface area (TPSA) is 95.0 Å². The Kier molecular flexibility index (Phi) is 6.31. The van der Waals surface area contributed by atoms with E-state index in [-0.39, 0.29) is 41.1 Å². The summed E-state index contributed by atoms with van der Waals surface area (Å²) in [5.74, 6) is -5.99. The van der Waals surface area contributed by atoms with Gasteiger partial charge in [-0.2, -0.15) is 0 Å². The Bertz CT molecular complexity index is 1780. The lowest BCUT2D eigenvalue weighted by molar-refractivity contribution is -0.131. The number of rotatable bonds is 3. The van der Waals surface area contributed by atoms with E-state index in [9.17, 15) is 28.7 Å². The van der Waals surface area contributed by atoms with Crippen molar-refractivity contribution in [3.05, 3.63) is 99.8 Å². The highest BCUT2D eigenvalue weighted by molar-refractivity contribution is 6.32. The Morgan fingerprint density at radius 3 is 2.26 bits per heavy atom. The standard InChI is InChI=1S/C33H25Cl2FN2O5/c1-33-23(30(41)38(32(33)43)18-10-13-25(36)24(35)14-18)15-22-19(28(33)20-4-2-3-5-26(20)39)11-12-21-27(22)31(42)37(29(21)40)17-8-6-16(34)7-9-17/h2-11,13-14,21-23,27-28,39H,12,15H2,1H3/t21-,22+,23-,27-,28+,33+/m0/s1. The smallest absolute Gasteiger partial charge is 0.241 e. The molecule has 2 aliphatic heterocycles. The lowest BCUT2D eigenvalue weighted by atomic mass is 9.51. The van der Waals surface area contributed by atoms with Crippen molar-refractivity contribution < 1.29 is 28.7 Å². The Hall–Kier alpha value is -4.01. The predicted molar refractivity (Wildman–Crippen MR) is 158 cm³/mol. The van der Waals surface area contributed by atoms with Crippen molar-refractivity contribution in [3.63, 3.8) is 0 Å². The van der Waals surface area contributed by atoms with Gasteiger partial charge in [0.05, 0.1) is 39.6 Å². The van der Waals surface area contributed by atoms with Crippen molar-refractivity contribution in [2.45, 2.75) is 25.7 Å². The maximum absolute atomic E-state index is 14.4. The van der Waals surface area contributed by atoms with Crippen LogP contribution in [0.5, 0.6) is 5.75 Å². The summed E-state index contributed by atoms with van der Waals surface area (Å²) in [6.45, 7) is 1.71. The van der Waals surface area contributed by atoms with Crippen LogP contribution in [0.25, 0.3) is 0 Å². The molecule has 7 rings (SSSR count). The van der Waals surface area contributed by atoms with Gasteiger partial charge in [-0.3, -0.25) is 24.1 Å². The van der Waals surface area contributed by atoms with Gasteiger partial charge in [-0.05, 0) is 74.2 Å². The van der Waals surface area contributed by atoms with Crippen molar-refractivity contribution in [1.82, 2.24) is 0 Å². The highest BCUT2D eigenvalue weighted by Crippen LogP contribution is 2.64. The van der Waals surface area contributed by atoms with E-state index in [4.69, 9.17) is 23.2 Å². The van der Waals surface area contributed by atoms with Gasteiger partial charge in [0, 0.05) is 16.5 Å². The van der Waals surface area contributed by atoms with E-state index in [1.165, 1.54) is 23.1 Å². The van der Waals surface area contributed by atoms with E-state index >= 15 is 0 Å². The molecule has 218 valence electrons. The van der Waals surface area contributed by atoms with Gasteiger partial charge in [0.2, 0.25) is 23.6 Å². The molecular weight excluding hydrogens is 594 g/mol. The average Bonchev–Trinajstić information content (AvgIpc) is 3.35. The predicted octanol–water partition coefficient (Wildman–Crippen LogP) is 6.27. The minimum Gasteiger partial charge on any atom is -0.508 e. The van der Waals surface area contributed by atoms with Crippen LogP contribution in [0.1, 0.15) is 31.2 Å². The molecule has 7 nitrogen and oxygen atoms in total. The van der Waals surface area contributed by atoms with E-state index in [2.05, 4.69) is 0 Å². The molecule has 0 spiro atoms. The summed E-state index contributed by atoms with van der Waals surface area (Å²) in [6.07, 6.45) is 2.34. The molecule has 10 heteroatoms. The Balaban J connectivity index is 1.37. The molecule has 3 aromatic carbocycles. The molecule has 3 aromatic rings. The summed E-state index contributed by atoms with van der Waals surface area (Å²) in [5, 5.41) is 11.3. The summed E-state index contributed by atoms with van der Waals surface area (Å²) < 4.78 is 14.0. The Labute approximate surface area is 256 Å². The number of phenolic OH excluding ortho intramolecular Hbond substituents is 1. The molecule has 0 radical (unpaired) electrons. The second-order valence-electron chi connectivity index (χ2n) is 11.8. The van der Waals surface area contributed by atoms with Crippen LogP contribution in [0.2, 0.25) is 10.0 Å². The van der Waals surface area contributed by atoms with Crippen LogP contribution in [0.15, 0.2) is 78.4 Å². The molecule has 2 aliphatic carbocycles. The van der Waals surface area contributed by atoms with Gasteiger partial charge in [0.25, 0.3) is 0 Å². The number of hydrogen-bond acceptors (Lipinski definition) is 5. The quantitative estimate of drug-likeness (QED) is 0.276. The van der Waals surface area contributed by atoms with E-state index in [0.29, 0.717) is 16.3 Å². The zero-order chi connectivity index (χ0) is 30.4. The molecule has 2 heterocycles. The largest absolute Gasteiger partial charge is 0.508 e. The van der Waals surface area contributed by atoms with E-state index in [1.807, 2.05) is 6.08 Å². The number of nitrogens with zero attached hydrogens (tertiary/aromatic N) is 2. The molecule has 6 atom stereocenters. The van der Waals surface area contributed by atoms with Gasteiger partial charge >= 0.3 is 0 Å². The lowest BCUT2D eigenvalue weighted by Gasteiger charge is -2.49. The van der Waals surface area contributed by atoms with Crippen molar-refractivity contribution >= 4 is 58.2 Å². The molecule has 4 aliphatic rings. The van der Waals surface area contributed by atoms with Crippen molar-refractivity contribution in [1.29, 1.82) is 0 Å². The lowest BCUT2D eigenvalue weighted by Crippen LogP contribution is -2.48. The van der Waals surface area contributed by atoms with Crippen LogP contribution in [-0.4, -0.2) is 28.7 Å². The van der Waals surface area contributed by atoms with Crippen LogP contribution >= 0.6 is 23.2 Å². The minimum absolute atomic E-state index is 0.0451. The first kappa shape index (κ1) is 27.8. The van der Waals surface area contributed by atoms with Crippen molar-refractivity contribution in [2.24, 2.45) is 29.1 Å². The number of hydrogen-bond donors (Lipinski definition) is 1. The number of imide groups is 2. The van der Waals surface area contributed by atoms with Gasteiger partial charge in [-0.15, -0.1) is 0 Å². The molecule has 0 bridgehead atoms. The van der Waals surface area contributed by atoms with Crippen LogP contribution in [0.4, 0.5) is 15.8 Å². The Morgan fingerprint density at radius 1 is 0.860 bits per heavy atom. The number of phenols is 1. The van der Waals surface area contributed by atoms with Gasteiger partial charge in [-0.25, -0.2) is 9.29 Å². The summed E-state index contributed by atoms with van der Waals surface area (Å²) in [7, 11) is 0. The SMILES string of the molecule is C[C@@]12C(=O)N(c3ccc(F)c(Cl)c3)C(=O)[C@@H]1C[C@@H]1C(=CC[C@@H]3C(=O)N(c4ccc(Cl)cc4)C(=O)[C@@H]31)[C@@H]2c1ccccc1O. The first-order valence-corrected chi connectivity index (χ1v) is 14.7. The first-order valence-electron chi connectivity index (χ1n) is 14.0. The molecule has 2 saturated heterocycles. The number of amides is 4. The van der Waals surface area contributed by atoms with Crippen molar-refractivity contribution in [3.8, 4) is 5.75 Å². The number of halogens is 3. The summed E-state index contributed by atoms with van der Waals surface area (Å²) in [5.41, 5.74) is 0.424. The molecule has 0 aromatic heterocycles. The van der Waals surface area contributed by atoms with E-state index < -0.39 is 52.6 Å². The molecule has 1 saturated carbocycles. The second-order valence-corrected chi connectivity index (χ2v) is 12.7. The number of allylic oxidation sites excluding steroid dienone is 2. The number of benzene rings is 3. The normalized spacial score (nSPS) is 29.9. The number of anilines is 2. The highest BCUT2D eigenvalue weighted by Gasteiger charge is 2.68. The Morgan fingerprint density at radius 2 is 1.56 bits per heavy atom. The van der Waals surface area contributed by atoms with Crippen molar-refractivity contribution in [2.75, 3.05) is 9.80 Å². The fourth-order valence-electron chi connectivity index (χ4n) is 7.81. The van der Waals surface area contributed by atoms with Gasteiger partial charge < -0.3 is 5.11 Å². The zero-order valence-electron chi connectivity index (χ0n) is 22.8. The summed E-state index contributed by atoms with van der Waals surface area (Å²) >= 11 is 12.1. The van der Waals surface area contributed by atoms with Gasteiger partial charge in [0.15, 0.2) is 0 Å². The van der Waals surface area contributed by atoms with Crippen LogP contribution < -0.4 is 9.80 Å². The maximum atomic E-state index is 14.4. The molecule has 1 N–H and O–H groups in total. The highest BCUT2D eigenvalue weighted by atomic mass is 35.5. The molecular formula is C33H25Cl2FN2O5. The van der Waals surface area contributed by atoms with E-state index in [0.717, 1.165) is 16.5 Å². The number of carbonyl (C=O) groups is 4. The second kappa shape index (κ2) is 9.76. The number of aromatic hydroxyl groups is 1. The van der Waals surface area contributed by atoms with Crippen LogP contribution in [0, 0.1) is 34.9 Å². The van der Waals surface area contributed by atoms with Crippen LogP contribution in [0.3, 0.4) is 0 Å². The summed E-state index contributed by atoms with van der Waals surface area (Å²) in [6, 6.07) is 16.8. The third-order valence-electron chi connectivity index (χ3n) is 9.77. The van der Waals surface area contributed by atoms with Gasteiger partial charge in [-0.1, -0.05) is 53.1 Å². The molecule has 4 amide bonds. The fraction of sp³-hybridized carbons (Fsp3) is 0.273. The fourth-order valence-corrected chi connectivity index (χ4v) is 8.11. The number of fused-ring (bicyclic) bond motifs is 4. The minimum atomic E-state index is -1.34. The zero-order valence-corrected chi connectivity index (χ0v) is 24.3.